The number of rotatable bonds is 3. The van der Waals surface area contributed by atoms with Crippen LogP contribution in [0.4, 0.5) is 0 Å². The molecule has 1 saturated heterocycles. The Morgan fingerprint density at radius 1 is 1.17 bits per heavy atom. The standard InChI is InChI=1S/C13H20BNO3/c1-12(2)13(3,4)18-14(17-12)11-7-6-10(8-15-11)9-16-5/h6-8H,9H2,1-5H3. The van der Waals surface area contributed by atoms with Gasteiger partial charge in [0.15, 0.2) is 0 Å². The summed E-state index contributed by atoms with van der Waals surface area (Å²) in [6.45, 7) is 8.70. The van der Waals surface area contributed by atoms with Crippen molar-refractivity contribution in [3.05, 3.63) is 23.9 Å². The summed E-state index contributed by atoms with van der Waals surface area (Å²) >= 11 is 0. The predicted molar refractivity (Wildman–Crippen MR) is 70.7 cm³/mol. The predicted octanol–water partition coefficient (Wildman–Crippen LogP) is 1.53. The van der Waals surface area contributed by atoms with Crippen LogP contribution in [0.3, 0.4) is 0 Å². The molecule has 2 rings (SSSR count). The second kappa shape index (κ2) is 4.65. The highest BCUT2D eigenvalue weighted by Gasteiger charge is 2.52. The van der Waals surface area contributed by atoms with E-state index in [9.17, 15) is 0 Å². The summed E-state index contributed by atoms with van der Waals surface area (Å²) < 4.78 is 16.9. The van der Waals surface area contributed by atoms with Gasteiger partial charge in [0.25, 0.3) is 0 Å². The molecule has 1 aliphatic rings. The van der Waals surface area contributed by atoms with E-state index in [1.165, 1.54) is 0 Å². The second-order valence-electron chi connectivity index (χ2n) is 5.61. The second-order valence-corrected chi connectivity index (χ2v) is 5.61. The fourth-order valence-electron chi connectivity index (χ4n) is 1.79. The third-order valence-electron chi connectivity index (χ3n) is 3.65. The first-order valence-electron chi connectivity index (χ1n) is 6.15. The molecule has 1 aliphatic heterocycles. The number of pyridine rings is 1. The van der Waals surface area contributed by atoms with Gasteiger partial charge in [0.2, 0.25) is 0 Å². The number of aromatic nitrogens is 1. The molecule has 0 bridgehead atoms. The SMILES string of the molecule is COCc1ccc(B2OC(C)(C)C(C)(C)O2)nc1. The molecule has 1 aromatic heterocycles. The maximum absolute atomic E-state index is 5.93. The number of methoxy groups -OCH3 is 1. The summed E-state index contributed by atoms with van der Waals surface area (Å²) in [6, 6.07) is 3.91. The van der Waals surface area contributed by atoms with Crippen LogP contribution in [0.1, 0.15) is 33.3 Å². The van der Waals surface area contributed by atoms with Gasteiger partial charge in [0.1, 0.15) is 0 Å². The first-order valence-corrected chi connectivity index (χ1v) is 6.15. The van der Waals surface area contributed by atoms with Crippen LogP contribution in [0.15, 0.2) is 18.3 Å². The number of hydrogen-bond acceptors (Lipinski definition) is 4. The molecule has 0 aliphatic carbocycles. The molecule has 4 nitrogen and oxygen atoms in total. The van der Waals surface area contributed by atoms with E-state index >= 15 is 0 Å². The summed E-state index contributed by atoms with van der Waals surface area (Å²) in [5.41, 5.74) is 1.18. The molecule has 0 aromatic carbocycles. The van der Waals surface area contributed by atoms with Crippen molar-refractivity contribution in [2.45, 2.75) is 45.5 Å². The normalized spacial score (nSPS) is 21.3. The first-order chi connectivity index (χ1) is 8.36. The van der Waals surface area contributed by atoms with E-state index in [0.717, 1.165) is 11.2 Å². The fourth-order valence-corrected chi connectivity index (χ4v) is 1.79. The van der Waals surface area contributed by atoms with Crippen molar-refractivity contribution in [1.82, 2.24) is 4.98 Å². The van der Waals surface area contributed by atoms with Crippen molar-refractivity contribution in [2.24, 2.45) is 0 Å². The van der Waals surface area contributed by atoms with Gasteiger partial charge in [-0.1, -0.05) is 6.07 Å². The van der Waals surface area contributed by atoms with E-state index in [4.69, 9.17) is 14.0 Å². The zero-order chi connectivity index (χ0) is 13.4. The van der Waals surface area contributed by atoms with E-state index in [0.29, 0.717) is 6.61 Å². The Bertz CT molecular complexity index is 401. The number of nitrogens with zero attached hydrogens (tertiary/aromatic N) is 1. The molecular formula is C13H20BNO3. The minimum atomic E-state index is -0.397. The Kier molecular flexibility index (Phi) is 3.49. The van der Waals surface area contributed by atoms with Crippen molar-refractivity contribution in [3.8, 4) is 0 Å². The molecule has 1 aromatic rings. The van der Waals surface area contributed by atoms with Gasteiger partial charge in [-0.05, 0) is 39.3 Å². The molecule has 0 spiro atoms. The maximum Gasteiger partial charge on any atom is 0.514 e. The van der Waals surface area contributed by atoms with Crippen LogP contribution < -0.4 is 5.59 Å². The van der Waals surface area contributed by atoms with Crippen LogP contribution in [0.5, 0.6) is 0 Å². The van der Waals surface area contributed by atoms with E-state index < -0.39 is 7.12 Å². The Morgan fingerprint density at radius 3 is 2.22 bits per heavy atom. The van der Waals surface area contributed by atoms with Gasteiger partial charge in [0, 0.05) is 13.3 Å². The average molecular weight is 249 g/mol. The van der Waals surface area contributed by atoms with Crippen LogP contribution in [0.2, 0.25) is 0 Å². The minimum absolute atomic E-state index is 0.329. The zero-order valence-electron chi connectivity index (χ0n) is 11.7. The molecule has 1 fully saturated rings. The molecule has 18 heavy (non-hydrogen) atoms. The summed E-state index contributed by atoms with van der Waals surface area (Å²) in [5.74, 6) is 0. The van der Waals surface area contributed by atoms with Crippen LogP contribution in [0, 0.1) is 0 Å². The van der Waals surface area contributed by atoms with Crippen LogP contribution in [0.25, 0.3) is 0 Å². The van der Waals surface area contributed by atoms with Gasteiger partial charge in [-0.3, -0.25) is 4.98 Å². The quantitative estimate of drug-likeness (QED) is 0.761. The Morgan fingerprint density at radius 2 is 1.78 bits per heavy atom. The topological polar surface area (TPSA) is 40.6 Å². The van der Waals surface area contributed by atoms with E-state index in [-0.39, 0.29) is 11.2 Å². The molecule has 5 heteroatoms. The summed E-state index contributed by atoms with van der Waals surface area (Å²) in [4.78, 5) is 4.38. The van der Waals surface area contributed by atoms with Gasteiger partial charge in [-0.15, -0.1) is 0 Å². The van der Waals surface area contributed by atoms with Gasteiger partial charge in [-0.2, -0.15) is 0 Å². The molecule has 0 N–H and O–H groups in total. The van der Waals surface area contributed by atoms with Gasteiger partial charge in [-0.25, -0.2) is 0 Å². The number of hydrogen-bond donors (Lipinski definition) is 0. The molecular weight excluding hydrogens is 229 g/mol. The van der Waals surface area contributed by atoms with Crippen LogP contribution >= 0.6 is 0 Å². The summed E-state index contributed by atoms with van der Waals surface area (Å²) in [6.07, 6.45) is 1.80. The molecule has 0 saturated carbocycles. The van der Waals surface area contributed by atoms with E-state index in [1.54, 1.807) is 13.3 Å². The first kappa shape index (κ1) is 13.5. The Balaban J connectivity index is 2.14. The molecule has 98 valence electrons. The highest BCUT2D eigenvalue weighted by atomic mass is 16.7. The molecule has 0 unspecified atom stereocenters. The Hall–Kier alpha value is -0.905. The number of ether oxygens (including phenoxy) is 1. The third-order valence-corrected chi connectivity index (χ3v) is 3.65. The molecule has 0 radical (unpaired) electrons. The van der Waals surface area contributed by atoms with Crippen LogP contribution in [-0.2, 0) is 20.7 Å². The molecule has 0 atom stereocenters. The lowest BCUT2D eigenvalue weighted by Crippen LogP contribution is -2.41. The van der Waals surface area contributed by atoms with Crippen molar-refractivity contribution in [2.75, 3.05) is 7.11 Å². The van der Waals surface area contributed by atoms with Crippen molar-refractivity contribution < 1.29 is 14.0 Å². The maximum atomic E-state index is 5.93. The zero-order valence-corrected chi connectivity index (χ0v) is 11.7. The average Bonchev–Trinajstić information content (AvgIpc) is 2.50. The van der Waals surface area contributed by atoms with Crippen LogP contribution in [-0.4, -0.2) is 30.4 Å². The largest absolute Gasteiger partial charge is 0.514 e. The lowest BCUT2D eigenvalue weighted by Gasteiger charge is -2.32. The molecule has 2 heterocycles. The van der Waals surface area contributed by atoms with E-state index in [2.05, 4.69) is 4.98 Å². The summed E-state index contributed by atoms with van der Waals surface area (Å²) in [5, 5.41) is 0. The highest BCUT2D eigenvalue weighted by Crippen LogP contribution is 2.36. The summed E-state index contributed by atoms with van der Waals surface area (Å²) in [7, 11) is 1.27. The van der Waals surface area contributed by atoms with Crippen molar-refractivity contribution in [3.63, 3.8) is 0 Å². The van der Waals surface area contributed by atoms with Crippen molar-refractivity contribution in [1.29, 1.82) is 0 Å². The Labute approximate surface area is 109 Å². The highest BCUT2D eigenvalue weighted by molar-refractivity contribution is 6.61. The molecule has 0 amide bonds. The lowest BCUT2D eigenvalue weighted by molar-refractivity contribution is 0.00578. The van der Waals surface area contributed by atoms with Gasteiger partial charge < -0.3 is 14.0 Å². The minimum Gasteiger partial charge on any atom is -0.398 e. The van der Waals surface area contributed by atoms with Crippen molar-refractivity contribution >= 4 is 12.7 Å². The fraction of sp³-hybridized carbons (Fsp3) is 0.615. The monoisotopic (exact) mass is 249 g/mol. The lowest BCUT2D eigenvalue weighted by atomic mass is 9.84. The van der Waals surface area contributed by atoms with Gasteiger partial charge >= 0.3 is 7.12 Å². The smallest absolute Gasteiger partial charge is 0.398 e. The third kappa shape index (κ3) is 2.43. The van der Waals surface area contributed by atoms with Gasteiger partial charge in [0.05, 0.1) is 23.4 Å². The van der Waals surface area contributed by atoms with E-state index in [1.807, 2.05) is 39.8 Å².